The van der Waals surface area contributed by atoms with Crippen LogP contribution in [0.5, 0.6) is 5.75 Å². The van der Waals surface area contributed by atoms with Crippen LogP contribution in [0.3, 0.4) is 0 Å². The number of carboxylic acids is 1. The molecule has 0 aromatic heterocycles. The number of thiol groups is 1. The maximum Gasteiger partial charge on any atom is 0.335 e. The van der Waals surface area contributed by atoms with Crippen LogP contribution in [-0.4, -0.2) is 36.2 Å². The summed E-state index contributed by atoms with van der Waals surface area (Å²) < 4.78 is 5.49. The molecule has 1 aliphatic rings. The number of rotatable bonds is 14. The monoisotopic (exact) mass is 630 g/mol. The fourth-order valence-electron chi connectivity index (χ4n) is 5.33. The Balaban J connectivity index is 1.41. The number of hydrogen-bond donors (Lipinski definition) is 2. The van der Waals surface area contributed by atoms with Crippen molar-refractivity contribution >= 4 is 52.5 Å². The summed E-state index contributed by atoms with van der Waals surface area (Å²) in [4.78, 5) is 29.6. The van der Waals surface area contributed by atoms with Crippen LogP contribution in [0.4, 0.5) is 11.4 Å². The molecule has 1 heterocycles. The Morgan fingerprint density at radius 1 is 1.05 bits per heavy atom. The van der Waals surface area contributed by atoms with E-state index in [9.17, 15) is 14.7 Å². The Labute approximate surface area is 271 Å². The van der Waals surface area contributed by atoms with E-state index in [0.29, 0.717) is 23.4 Å². The number of carbonyl (C=O) groups excluding carboxylic acids is 1. The van der Waals surface area contributed by atoms with E-state index in [2.05, 4.69) is 87.7 Å². The molecule has 0 fully saturated rings. The molecule has 4 rings (SSSR count). The lowest BCUT2D eigenvalue weighted by atomic mass is 9.94. The van der Waals surface area contributed by atoms with Gasteiger partial charge in [-0.15, -0.1) is 24.4 Å². The first-order valence-corrected chi connectivity index (χ1v) is 16.5. The van der Waals surface area contributed by atoms with Gasteiger partial charge >= 0.3 is 5.97 Å². The fraction of sp³-hybridized carbons (Fsp3) is 0.333. The summed E-state index contributed by atoms with van der Waals surface area (Å²) in [6.07, 6.45) is 3.37. The second kappa shape index (κ2) is 15.4. The maximum atomic E-state index is 12.6. The average molecular weight is 631 g/mol. The normalized spacial score (nSPS) is 13.8. The van der Waals surface area contributed by atoms with Crippen molar-refractivity contribution in [2.45, 2.75) is 65.5 Å². The number of nitrogens with zero attached hydrogens (tertiary/aromatic N) is 2. The van der Waals surface area contributed by atoms with Crippen molar-refractivity contribution in [1.82, 2.24) is 0 Å². The van der Waals surface area contributed by atoms with Crippen LogP contribution in [0.15, 0.2) is 83.6 Å². The van der Waals surface area contributed by atoms with Crippen molar-refractivity contribution in [1.29, 1.82) is 0 Å². The summed E-state index contributed by atoms with van der Waals surface area (Å²) in [5, 5.41) is 11.3. The van der Waals surface area contributed by atoms with Crippen LogP contribution in [0, 0.1) is 0 Å². The number of amides is 1. The van der Waals surface area contributed by atoms with Gasteiger partial charge in [0.15, 0.2) is 6.61 Å². The predicted octanol–water partition coefficient (Wildman–Crippen LogP) is 8.99. The van der Waals surface area contributed by atoms with Crippen molar-refractivity contribution in [2.75, 3.05) is 23.0 Å². The molecule has 0 radical (unpaired) electrons. The van der Waals surface area contributed by atoms with E-state index in [0.717, 1.165) is 41.2 Å². The van der Waals surface area contributed by atoms with Gasteiger partial charge in [-0.25, -0.2) is 4.79 Å². The number of carboxylic acid groups (broad SMARTS) is 1. The van der Waals surface area contributed by atoms with Crippen LogP contribution in [0.2, 0.25) is 0 Å². The van der Waals surface area contributed by atoms with E-state index in [1.54, 1.807) is 6.07 Å². The van der Waals surface area contributed by atoms with Crippen molar-refractivity contribution in [3.05, 3.63) is 106 Å². The number of anilines is 2. The third kappa shape index (κ3) is 8.10. The first-order chi connectivity index (χ1) is 21.1. The number of benzene rings is 3. The van der Waals surface area contributed by atoms with Crippen LogP contribution >= 0.6 is 24.4 Å². The molecule has 6 nitrogen and oxygen atoms in total. The molecule has 0 saturated heterocycles. The SMILES string of the molecule is C=C(CN1C(=O)COc2ccc(C(=O)O)cc21)S/C=C(\S)c1ccc(CN(c2ccc(C(CC)CC)cc2)C(C)CC)cc1. The molecule has 8 heteroatoms. The second-order valence-electron chi connectivity index (χ2n) is 11.1. The quantitative estimate of drug-likeness (QED) is 0.173. The molecule has 1 amide bonds. The summed E-state index contributed by atoms with van der Waals surface area (Å²) >= 11 is 6.13. The largest absolute Gasteiger partial charge is 0.482 e. The minimum absolute atomic E-state index is 0.0913. The van der Waals surface area contributed by atoms with Gasteiger partial charge in [0, 0.05) is 28.1 Å². The van der Waals surface area contributed by atoms with E-state index in [-0.39, 0.29) is 24.6 Å². The van der Waals surface area contributed by atoms with E-state index < -0.39 is 5.97 Å². The Morgan fingerprint density at radius 3 is 2.32 bits per heavy atom. The summed E-state index contributed by atoms with van der Waals surface area (Å²) in [6.45, 7) is 14.1. The number of hydrogen-bond acceptors (Lipinski definition) is 6. The first kappa shape index (κ1) is 33.3. The Hall–Kier alpha value is -3.62. The van der Waals surface area contributed by atoms with Crippen LogP contribution in [0.1, 0.15) is 79.9 Å². The molecule has 1 unspecified atom stereocenters. The van der Waals surface area contributed by atoms with E-state index in [4.69, 9.17) is 17.4 Å². The summed E-state index contributed by atoms with van der Waals surface area (Å²) in [5.41, 5.74) is 5.39. The van der Waals surface area contributed by atoms with E-state index in [1.807, 2.05) is 5.41 Å². The summed E-state index contributed by atoms with van der Waals surface area (Å²) in [6, 6.07) is 22.5. The minimum Gasteiger partial charge on any atom is -0.482 e. The van der Waals surface area contributed by atoms with Gasteiger partial charge in [-0.1, -0.05) is 63.7 Å². The molecule has 0 aliphatic carbocycles. The van der Waals surface area contributed by atoms with Gasteiger partial charge in [0.2, 0.25) is 0 Å². The molecule has 44 heavy (non-hydrogen) atoms. The molecular formula is C36H42N2O4S2. The molecule has 1 aliphatic heterocycles. The minimum atomic E-state index is -1.06. The van der Waals surface area contributed by atoms with Gasteiger partial charge in [0.25, 0.3) is 5.91 Å². The standard InChI is InChI=1S/C36H42N2O4S2/c1-6-24(4)37(31-16-13-28(14-17-31)27(7-2)8-3)21-26-9-11-29(12-10-26)34(43)23-44-25(5)20-38-32-19-30(36(40)41)15-18-33(32)42-22-35(38)39/h9-19,23-24,27,43H,5-8,20-22H2,1-4H3,(H,40,41)/b34-23-. The van der Waals surface area contributed by atoms with Gasteiger partial charge in [-0.3, -0.25) is 4.79 Å². The highest BCUT2D eigenvalue weighted by Crippen LogP contribution is 2.35. The average Bonchev–Trinajstić information content (AvgIpc) is 3.04. The highest BCUT2D eigenvalue weighted by molar-refractivity contribution is 8.07. The highest BCUT2D eigenvalue weighted by atomic mass is 32.2. The van der Waals surface area contributed by atoms with Crippen molar-refractivity contribution in [3.63, 3.8) is 0 Å². The Morgan fingerprint density at radius 2 is 1.70 bits per heavy atom. The molecule has 0 bridgehead atoms. The number of carbonyl (C=O) groups is 2. The van der Waals surface area contributed by atoms with Gasteiger partial charge in [-0.2, -0.15) is 0 Å². The lowest BCUT2D eigenvalue weighted by molar-refractivity contribution is -0.121. The zero-order chi connectivity index (χ0) is 31.8. The molecule has 0 saturated carbocycles. The molecular weight excluding hydrogens is 589 g/mol. The Bertz CT molecular complexity index is 1500. The zero-order valence-electron chi connectivity index (χ0n) is 26.0. The topological polar surface area (TPSA) is 70.1 Å². The van der Waals surface area contributed by atoms with Crippen molar-refractivity contribution in [2.24, 2.45) is 0 Å². The lowest BCUT2D eigenvalue weighted by Crippen LogP contribution is -2.39. The van der Waals surface area contributed by atoms with Gasteiger partial charge in [-0.05, 0) is 84.5 Å². The summed E-state index contributed by atoms with van der Waals surface area (Å²) in [7, 11) is 0. The molecule has 232 valence electrons. The van der Waals surface area contributed by atoms with Gasteiger partial charge in [0.1, 0.15) is 5.75 Å². The highest BCUT2D eigenvalue weighted by Gasteiger charge is 2.27. The van der Waals surface area contributed by atoms with Gasteiger partial charge < -0.3 is 19.6 Å². The molecule has 1 N–H and O–H groups in total. The van der Waals surface area contributed by atoms with Crippen molar-refractivity contribution in [3.8, 4) is 5.75 Å². The van der Waals surface area contributed by atoms with E-state index >= 15 is 0 Å². The van der Waals surface area contributed by atoms with Crippen LogP contribution in [0.25, 0.3) is 4.91 Å². The molecule has 3 aromatic carbocycles. The number of aromatic carboxylic acids is 1. The van der Waals surface area contributed by atoms with Crippen LogP contribution in [-0.2, 0) is 11.3 Å². The number of ether oxygens (including phenoxy) is 1. The second-order valence-corrected chi connectivity index (χ2v) is 12.6. The van der Waals surface area contributed by atoms with Gasteiger partial charge in [0.05, 0.1) is 17.8 Å². The predicted molar refractivity (Wildman–Crippen MR) is 187 cm³/mol. The smallest absolute Gasteiger partial charge is 0.335 e. The lowest BCUT2D eigenvalue weighted by Gasteiger charge is -2.31. The Kier molecular flexibility index (Phi) is 11.6. The zero-order valence-corrected chi connectivity index (χ0v) is 27.7. The third-order valence-corrected chi connectivity index (χ3v) is 9.61. The maximum absolute atomic E-state index is 12.6. The molecule has 0 spiro atoms. The molecule has 3 aromatic rings. The third-order valence-electron chi connectivity index (χ3n) is 8.23. The first-order valence-electron chi connectivity index (χ1n) is 15.1. The number of thioether (sulfide) groups is 1. The molecule has 1 atom stereocenters. The van der Waals surface area contributed by atoms with E-state index in [1.165, 1.54) is 45.6 Å². The van der Waals surface area contributed by atoms with Crippen LogP contribution < -0.4 is 14.5 Å². The van der Waals surface area contributed by atoms with Crippen molar-refractivity contribution < 1.29 is 19.4 Å². The fourth-order valence-corrected chi connectivity index (χ4v) is 6.25. The summed E-state index contributed by atoms with van der Waals surface area (Å²) in [5.74, 6) is -0.228. The number of fused-ring (bicyclic) bond motifs is 1.